The third kappa shape index (κ3) is 7.80. The summed E-state index contributed by atoms with van der Waals surface area (Å²) in [6.07, 6.45) is 6.22. The monoisotopic (exact) mass is 520 g/mol. The lowest BCUT2D eigenvalue weighted by molar-refractivity contribution is 0.0625. The van der Waals surface area contributed by atoms with Gasteiger partial charge in [-0.25, -0.2) is 0 Å². The molecule has 2 fully saturated rings. The largest absolute Gasteiger partial charge is 0.381 e. The van der Waals surface area contributed by atoms with Gasteiger partial charge in [-0.15, -0.1) is 35.3 Å². The minimum Gasteiger partial charge on any atom is -0.381 e. The fraction of sp³-hybridized carbons (Fsp3) is 0.762. The minimum absolute atomic E-state index is 0. The summed E-state index contributed by atoms with van der Waals surface area (Å²) in [5.41, 5.74) is 0. The standard InChI is InChI=1S/C21H36N4OS.HI/c1-22-21(24(2)10-5-18-8-13-26-14-9-18)23-16-19-6-11-25(12-7-19)17-20-4-3-15-27-20;/h3-4,15,18-19H,5-14,16-17H2,1-2H3,(H,22,23);1H. The first-order chi connectivity index (χ1) is 13.2. The normalized spacial score (nSPS) is 20.0. The molecule has 3 heterocycles. The topological polar surface area (TPSA) is 40.1 Å². The second kappa shape index (κ2) is 13.0. The molecule has 2 saturated heterocycles. The number of halogens is 1. The smallest absolute Gasteiger partial charge is 0.193 e. The molecule has 7 heteroatoms. The summed E-state index contributed by atoms with van der Waals surface area (Å²) in [5.74, 6) is 2.61. The van der Waals surface area contributed by atoms with Crippen molar-refractivity contribution in [1.82, 2.24) is 15.1 Å². The molecule has 160 valence electrons. The van der Waals surface area contributed by atoms with Crippen LogP contribution in [0.4, 0.5) is 0 Å². The highest BCUT2D eigenvalue weighted by Crippen LogP contribution is 2.21. The number of likely N-dealkylation sites (tertiary alicyclic amines) is 1. The molecule has 0 spiro atoms. The van der Waals surface area contributed by atoms with Crippen LogP contribution in [0.5, 0.6) is 0 Å². The molecule has 28 heavy (non-hydrogen) atoms. The van der Waals surface area contributed by atoms with Crippen molar-refractivity contribution >= 4 is 41.3 Å². The van der Waals surface area contributed by atoms with Gasteiger partial charge >= 0.3 is 0 Å². The average Bonchev–Trinajstić information content (AvgIpc) is 3.22. The van der Waals surface area contributed by atoms with Crippen molar-refractivity contribution in [1.29, 1.82) is 0 Å². The third-order valence-electron chi connectivity index (χ3n) is 6.00. The number of hydrogen-bond donors (Lipinski definition) is 1. The van der Waals surface area contributed by atoms with Gasteiger partial charge in [0.1, 0.15) is 0 Å². The minimum atomic E-state index is 0. The molecule has 0 saturated carbocycles. The van der Waals surface area contributed by atoms with E-state index in [1.54, 1.807) is 0 Å². The maximum absolute atomic E-state index is 5.46. The van der Waals surface area contributed by atoms with E-state index in [1.165, 1.54) is 50.1 Å². The summed E-state index contributed by atoms with van der Waals surface area (Å²) >= 11 is 1.87. The second-order valence-corrected chi connectivity index (χ2v) is 9.03. The number of piperidine rings is 1. The van der Waals surface area contributed by atoms with Crippen molar-refractivity contribution in [3.63, 3.8) is 0 Å². The molecule has 2 aliphatic heterocycles. The third-order valence-corrected chi connectivity index (χ3v) is 6.86. The van der Waals surface area contributed by atoms with Crippen LogP contribution in [0.25, 0.3) is 0 Å². The summed E-state index contributed by atoms with van der Waals surface area (Å²) in [5, 5.41) is 5.80. The Bertz CT molecular complexity index is 555. The zero-order valence-corrected chi connectivity index (χ0v) is 20.6. The molecule has 2 aliphatic rings. The number of thiophene rings is 1. The van der Waals surface area contributed by atoms with Gasteiger partial charge in [0, 0.05) is 51.8 Å². The van der Waals surface area contributed by atoms with Gasteiger partial charge in [0.05, 0.1) is 0 Å². The van der Waals surface area contributed by atoms with E-state index in [9.17, 15) is 0 Å². The summed E-state index contributed by atoms with van der Waals surface area (Å²) in [6, 6.07) is 4.40. The van der Waals surface area contributed by atoms with E-state index < -0.39 is 0 Å². The molecule has 0 amide bonds. The molecule has 1 N–H and O–H groups in total. The molecule has 3 rings (SSSR count). The highest BCUT2D eigenvalue weighted by atomic mass is 127. The van der Waals surface area contributed by atoms with Crippen molar-refractivity contribution in [2.24, 2.45) is 16.8 Å². The number of ether oxygens (including phenoxy) is 1. The zero-order valence-electron chi connectivity index (χ0n) is 17.4. The SMILES string of the molecule is CN=C(NCC1CCN(Cc2cccs2)CC1)N(C)CCC1CCOCC1.I. The first kappa shape index (κ1) is 23.9. The molecule has 0 aliphatic carbocycles. The van der Waals surface area contributed by atoms with Gasteiger partial charge in [-0.1, -0.05) is 6.07 Å². The number of nitrogens with one attached hydrogen (secondary N) is 1. The molecule has 0 radical (unpaired) electrons. The van der Waals surface area contributed by atoms with Crippen LogP contribution < -0.4 is 5.32 Å². The van der Waals surface area contributed by atoms with Gasteiger partial charge in [-0.05, 0) is 68.5 Å². The Morgan fingerprint density at radius 3 is 2.64 bits per heavy atom. The summed E-state index contributed by atoms with van der Waals surface area (Å²) in [4.78, 5) is 10.9. The zero-order chi connectivity index (χ0) is 18.9. The number of rotatable bonds is 7. The lowest BCUT2D eigenvalue weighted by Crippen LogP contribution is -2.44. The molecule has 0 bridgehead atoms. The Hall–Kier alpha value is -0.380. The van der Waals surface area contributed by atoms with E-state index in [-0.39, 0.29) is 24.0 Å². The fourth-order valence-corrected chi connectivity index (χ4v) is 4.86. The van der Waals surface area contributed by atoms with Crippen molar-refractivity contribution in [3.8, 4) is 0 Å². The lowest BCUT2D eigenvalue weighted by atomic mass is 9.96. The predicted octanol–water partition coefficient (Wildman–Crippen LogP) is 3.90. The number of aliphatic imine (C=N–C) groups is 1. The van der Waals surface area contributed by atoms with Gasteiger partial charge in [0.25, 0.3) is 0 Å². The van der Waals surface area contributed by atoms with Crippen LogP contribution in [0.2, 0.25) is 0 Å². The molecular weight excluding hydrogens is 483 g/mol. The van der Waals surface area contributed by atoms with Gasteiger partial charge in [-0.2, -0.15) is 0 Å². The van der Waals surface area contributed by atoms with Crippen LogP contribution in [0.1, 0.15) is 37.0 Å². The van der Waals surface area contributed by atoms with Crippen molar-refractivity contribution in [2.45, 2.75) is 38.6 Å². The number of hydrogen-bond acceptors (Lipinski definition) is 4. The van der Waals surface area contributed by atoms with E-state index in [2.05, 4.69) is 44.7 Å². The molecule has 1 aromatic heterocycles. The fourth-order valence-electron chi connectivity index (χ4n) is 4.11. The summed E-state index contributed by atoms with van der Waals surface area (Å²) in [7, 11) is 4.06. The lowest BCUT2D eigenvalue weighted by Gasteiger charge is -2.33. The van der Waals surface area contributed by atoms with Crippen LogP contribution in [-0.4, -0.2) is 69.2 Å². The van der Waals surface area contributed by atoms with Crippen LogP contribution in [0, 0.1) is 11.8 Å². The Morgan fingerprint density at radius 1 is 1.25 bits per heavy atom. The van der Waals surface area contributed by atoms with Gasteiger partial charge < -0.3 is 15.0 Å². The van der Waals surface area contributed by atoms with Crippen LogP contribution in [0.3, 0.4) is 0 Å². The van der Waals surface area contributed by atoms with Gasteiger partial charge in [0.2, 0.25) is 0 Å². The van der Waals surface area contributed by atoms with E-state index in [0.29, 0.717) is 0 Å². The van der Waals surface area contributed by atoms with E-state index in [1.807, 2.05) is 18.4 Å². The first-order valence-corrected chi connectivity index (χ1v) is 11.4. The summed E-state index contributed by atoms with van der Waals surface area (Å²) in [6.45, 7) is 7.53. The Morgan fingerprint density at radius 2 is 2.00 bits per heavy atom. The van der Waals surface area contributed by atoms with Crippen molar-refractivity contribution < 1.29 is 4.74 Å². The highest BCUT2D eigenvalue weighted by Gasteiger charge is 2.20. The summed E-state index contributed by atoms with van der Waals surface area (Å²) < 4.78 is 5.46. The van der Waals surface area contributed by atoms with E-state index >= 15 is 0 Å². The Labute approximate surface area is 191 Å². The molecule has 1 aromatic rings. The van der Waals surface area contributed by atoms with Gasteiger partial charge in [-0.3, -0.25) is 9.89 Å². The number of nitrogens with zero attached hydrogens (tertiary/aromatic N) is 3. The molecule has 0 aromatic carbocycles. The molecule has 5 nitrogen and oxygen atoms in total. The predicted molar refractivity (Wildman–Crippen MR) is 130 cm³/mol. The van der Waals surface area contributed by atoms with E-state index in [0.717, 1.165) is 50.6 Å². The average molecular weight is 521 g/mol. The Kier molecular flexibility index (Phi) is 11.1. The van der Waals surface area contributed by atoms with Crippen LogP contribution in [-0.2, 0) is 11.3 Å². The number of guanidine groups is 1. The first-order valence-electron chi connectivity index (χ1n) is 10.5. The molecule has 0 atom stereocenters. The van der Waals surface area contributed by atoms with Gasteiger partial charge in [0.15, 0.2) is 5.96 Å². The quantitative estimate of drug-likeness (QED) is 0.337. The van der Waals surface area contributed by atoms with Crippen molar-refractivity contribution in [3.05, 3.63) is 22.4 Å². The maximum atomic E-state index is 5.46. The maximum Gasteiger partial charge on any atom is 0.193 e. The van der Waals surface area contributed by atoms with E-state index in [4.69, 9.17) is 4.74 Å². The molecule has 0 unspecified atom stereocenters. The highest BCUT2D eigenvalue weighted by molar-refractivity contribution is 14.0. The van der Waals surface area contributed by atoms with Crippen LogP contribution >= 0.6 is 35.3 Å². The Balaban J connectivity index is 0.00000280. The molecular formula is C21H37IN4OS. The van der Waals surface area contributed by atoms with Crippen molar-refractivity contribution in [2.75, 3.05) is 53.5 Å². The second-order valence-electron chi connectivity index (χ2n) is 7.99. The van der Waals surface area contributed by atoms with Crippen LogP contribution in [0.15, 0.2) is 22.5 Å².